The van der Waals surface area contributed by atoms with Crippen molar-refractivity contribution in [3.05, 3.63) is 0 Å². The molecule has 0 spiro atoms. The van der Waals surface area contributed by atoms with E-state index in [1.165, 1.54) is 32.1 Å². The smallest absolute Gasteiger partial charge is 0.00670 e. The Kier molecular flexibility index (Phi) is 2.52. The van der Waals surface area contributed by atoms with Gasteiger partial charge in [-0.15, -0.1) is 0 Å². The van der Waals surface area contributed by atoms with Gasteiger partial charge in [-0.1, -0.05) is 26.2 Å². The maximum atomic E-state index is 5.89. The van der Waals surface area contributed by atoms with Crippen LogP contribution in [0.5, 0.6) is 0 Å². The van der Waals surface area contributed by atoms with Gasteiger partial charge in [-0.3, -0.25) is 0 Å². The first-order valence-electron chi connectivity index (χ1n) is 4.10. The van der Waals surface area contributed by atoms with Crippen LogP contribution in [-0.2, 0) is 0 Å². The molecule has 1 rings (SSSR count). The van der Waals surface area contributed by atoms with Gasteiger partial charge in [-0.25, -0.2) is 0 Å². The van der Waals surface area contributed by atoms with Crippen molar-refractivity contribution in [1.29, 1.82) is 0 Å². The van der Waals surface area contributed by atoms with Gasteiger partial charge in [0.25, 0.3) is 0 Å². The van der Waals surface area contributed by atoms with Gasteiger partial charge in [0.1, 0.15) is 0 Å². The summed E-state index contributed by atoms with van der Waals surface area (Å²) in [7, 11) is 0. The van der Waals surface area contributed by atoms with Gasteiger partial charge in [0, 0.05) is 6.04 Å². The molecule has 0 heterocycles. The summed E-state index contributed by atoms with van der Waals surface area (Å²) in [6.45, 7) is 2.25. The van der Waals surface area contributed by atoms with Crippen LogP contribution in [0.25, 0.3) is 0 Å². The fourth-order valence-electron chi connectivity index (χ4n) is 1.74. The second kappa shape index (κ2) is 3.21. The number of rotatable bonds is 1. The van der Waals surface area contributed by atoms with Crippen molar-refractivity contribution >= 4 is 0 Å². The summed E-state index contributed by atoms with van der Waals surface area (Å²) < 4.78 is 0. The predicted molar refractivity (Wildman–Crippen MR) is 40.2 cm³/mol. The topological polar surface area (TPSA) is 26.0 Å². The largest absolute Gasteiger partial charge is 0.327 e. The normalized spacial score (nSPS) is 36.7. The monoisotopic (exact) mass is 127 g/mol. The molecular formula is C8H17N. The lowest BCUT2D eigenvalue weighted by Gasteiger charge is -2.27. The highest BCUT2D eigenvalue weighted by Crippen LogP contribution is 2.24. The molecule has 9 heavy (non-hydrogen) atoms. The lowest BCUT2D eigenvalue weighted by molar-refractivity contribution is 0.300. The van der Waals surface area contributed by atoms with Gasteiger partial charge in [0.2, 0.25) is 0 Å². The Morgan fingerprint density at radius 3 is 2.44 bits per heavy atom. The highest BCUT2D eigenvalue weighted by molar-refractivity contribution is 4.76. The van der Waals surface area contributed by atoms with Crippen LogP contribution < -0.4 is 5.73 Å². The summed E-state index contributed by atoms with van der Waals surface area (Å²) in [6.07, 6.45) is 6.68. The first-order valence-corrected chi connectivity index (χ1v) is 4.10. The van der Waals surface area contributed by atoms with Crippen LogP contribution in [0.1, 0.15) is 39.0 Å². The molecule has 54 valence electrons. The first-order chi connectivity index (χ1) is 4.34. The van der Waals surface area contributed by atoms with Gasteiger partial charge in [-0.05, 0) is 18.8 Å². The number of hydrogen-bond donors (Lipinski definition) is 1. The molecule has 0 saturated heterocycles. The van der Waals surface area contributed by atoms with E-state index in [9.17, 15) is 0 Å². The second-order valence-electron chi connectivity index (χ2n) is 3.12. The number of hydrogen-bond acceptors (Lipinski definition) is 1. The molecule has 1 aliphatic rings. The first kappa shape index (κ1) is 7.07. The third-order valence-electron chi connectivity index (χ3n) is 2.49. The van der Waals surface area contributed by atoms with E-state index in [-0.39, 0.29) is 0 Å². The van der Waals surface area contributed by atoms with Crippen LogP contribution in [-0.4, -0.2) is 6.04 Å². The summed E-state index contributed by atoms with van der Waals surface area (Å²) >= 11 is 0. The molecular weight excluding hydrogens is 110 g/mol. The molecule has 0 radical (unpaired) electrons. The van der Waals surface area contributed by atoms with Crippen LogP contribution in [0, 0.1) is 5.92 Å². The van der Waals surface area contributed by atoms with Crippen molar-refractivity contribution in [2.24, 2.45) is 11.7 Å². The van der Waals surface area contributed by atoms with E-state index >= 15 is 0 Å². The van der Waals surface area contributed by atoms with Gasteiger partial charge in [0.05, 0.1) is 0 Å². The van der Waals surface area contributed by atoms with Crippen LogP contribution in [0.3, 0.4) is 0 Å². The molecule has 2 atom stereocenters. The molecule has 0 aromatic carbocycles. The van der Waals surface area contributed by atoms with E-state index < -0.39 is 0 Å². The van der Waals surface area contributed by atoms with Crippen LogP contribution >= 0.6 is 0 Å². The SMILES string of the molecule is CCC1CCCCC1N. The van der Waals surface area contributed by atoms with Gasteiger partial charge in [0.15, 0.2) is 0 Å². The third-order valence-corrected chi connectivity index (χ3v) is 2.49. The lowest BCUT2D eigenvalue weighted by atomic mass is 9.84. The fraction of sp³-hybridized carbons (Fsp3) is 1.00. The molecule has 2 N–H and O–H groups in total. The van der Waals surface area contributed by atoms with Crippen molar-refractivity contribution < 1.29 is 0 Å². The Morgan fingerprint density at radius 2 is 2.00 bits per heavy atom. The van der Waals surface area contributed by atoms with Crippen molar-refractivity contribution in [3.63, 3.8) is 0 Å². The van der Waals surface area contributed by atoms with E-state index in [0.717, 1.165) is 5.92 Å². The Hall–Kier alpha value is -0.0400. The molecule has 0 aromatic rings. The molecule has 0 aromatic heterocycles. The minimum Gasteiger partial charge on any atom is -0.327 e. The molecule has 1 fully saturated rings. The standard InChI is InChI=1S/C8H17N/c1-2-7-5-3-4-6-8(7)9/h7-8H,2-6,9H2,1H3. The minimum absolute atomic E-state index is 0.517. The van der Waals surface area contributed by atoms with Gasteiger partial charge < -0.3 is 5.73 Å². The van der Waals surface area contributed by atoms with E-state index in [1.54, 1.807) is 0 Å². The second-order valence-corrected chi connectivity index (χ2v) is 3.12. The minimum atomic E-state index is 0.517. The zero-order valence-corrected chi connectivity index (χ0v) is 6.27. The van der Waals surface area contributed by atoms with E-state index in [2.05, 4.69) is 6.92 Å². The third kappa shape index (κ3) is 1.68. The zero-order chi connectivity index (χ0) is 6.69. The predicted octanol–water partition coefficient (Wildman–Crippen LogP) is 1.91. The van der Waals surface area contributed by atoms with Gasteiger partial charge in [-0.2, -0.15) is 0 Å². The quantitative estimate of drug-likeness (QED) is 0.572. The van der Waals surface area contributed by atoms with Gasteiger partial charge >= 0.3 is 0 Å². The van der Waals surface area contributed by atoms with E-state index in [4.69, 9.17) is 5.73 Å². The van der Waals surface area contributed by atoms with Crippen molar-refractivity contribution in [2.45, 2.75) is 45.1 Å². The summed E-state index contributed by atoms with van der Waals surface area (Å²) in [5.74, 6) is 0.832. The summed E-state index contributed by atoms with van der Waals surface area (Å²) in [5, 5.41) is 0. The highest BCUT2D eigenvalue weighted by atomic mass is 14.7. The van der Waals surface area contributed by atoms with Crippen LogP contribution in [0.2, 0.25) is 0 Å². The molecule has 0 bridgehead atoms. The molecule has 0 amide bonds. The Labute approximate surface area is 57.6 Å². The van der Waals surface area contributed by atoms with Crippen molar-refractivity contribution in [2.75, 3.05) is 0 Å². The fourth-order valence-corrected chi connectivity index (χ4v) is 1.74. The summed E-state index contributed by atoms with van der Waals surface area (Å²) in [4.78, 5) is 0. The zero-order valence-electron chi connectivity index (χ0n) is 6.27. The van der Waals surface area contributed by atoms with Crippen molar-refractivity contribution in [3.8, 4) is 0 Å². The average molecular weight is 127 g/mol. The molecule has 1 aliphatic carbocycles. The van der Waals surface area contributed by atoms with Crippen LogP contribution in [0.15, 0.2) is 0 Å². The van der Waals surface area contributed by atoms with E-state index in [0.29, 0.717) is 6.04 Å². The highest BCUT2D eigenvalue weighted by Gasteiger charge is 2.18. The maximum Gasteiger partial charge on any atom is 0.00670 e. The summed E-state index contributed by atoms with van der Waals surface area (Å²) in [6, 6.07) is 0.517. The molecule has 0 aliphatic heterocycles. The Morgan fingerprint density at radius 1 is 1.33 bits per heavy atom. The Balaban J connectivity index is 2.30. The molecule has 1 heteroatoms. The van der Waals surface area contributed by atoms with Crippen LogP contribution in [0.4, 0.5) is 0 Å². The van der Waals surface area contributed by atoms with Crippen molar-refractivity contribution in [1.82, 2.24) is 0 Å². The van der Waals surface area contributed by atoms with E-state index in [1.807, 2.05) is 0 Å². The molecule has 2 unspecified atom stereocenters. The lowest BCUT2D eigenvalue weighted by Crippen LogP contribution is -2.32. The Bertz CT molecular complexity index is 80.6. The summed E-state index contributed by atoms with van der Waals surface area (Å²) in [5.41, 5.74) is 5.89. The average Bonchev–Trinajstić information content (AvgIpc) is 1.89. The maximum absolute atomic E-state index is 5.89. The molecule has 1 saturated carbocycles. The number of nitrogens with two attached hydrogens (primary N) is 1. The molecule has 1 nitrogen and oxygen atoms in total.